The number of hydrogen-bond acceptors (Lipinski definition) is 2. The minimum Gasteiger partial charge on any atom is -0.352 e. The summed E-state index contributed by atoms with van der Waals surface area (Å²) in [6.07, 6.45) is 5.90. The maximum absolute atomic E-state index is 5.91. The molecule has 0 aromatic heterocycles. The van der Waals surface area contributed by atoms with Crippen molar-refractivity contribution < 1.29 is 9.47 Å². The Balaban J connectivity index is 3.86. The van der Waals surface area contributed by atoms with Crippen molar-refractivity contribution in [2.24, 2.45) is 11.3 Å². The third kappa shape index (κ3) is 9.90. The molecule has 0 aromatic rings. The van der Waals surface area contributed by atoms with Gasteiger partial charge in [0.1, 0.15) is 0 Å². The Morgan fingerprint density at radius 3 is 1.89 bits per heavy atom. The zero-order valence-electron chi connectivity index (χ0n) is 13.4. The highest BCUT2D eigenvalue weighted by molar-refractivity contribution is 4.66. The highest BCUT2D eigenvalue weighted by Crippen LogP contribution is 2.24. The largest absolute Gasteiger partial charge is 0.352 e. The van der Waals surface area contributed by atoms with Crippen LogP contribution in [0, 0.1) is 11.3 Å². The van der Waals surface area contributed by atoms with Crippen molar-refractivity contribution in [1.29, 1.82) is 0 Å². The van der Waals surface area contributed by atoms with Gasteiger partial charge in [0.05, 0.1) is 0 Å². The standard InChI is InChI=1S/C16H34O2/c1-7-8-9-12-17-15(16(4,5)6)18-13-10-11-14(2)3/h14-15H,7-13H2,1-6H3. The van der Waals surface area contributed by atoms with E-state index in [9.17, 15) is 0 Å². The molecule has 0 aromatic carbocycles. The van der Waals surface area contributed by atoms with E-state index in [1.165, 1.54) is 19.3 Å². The molecule has 0 aliphatic carbocycles. The lowest BCUT2D eigenvalue weighted by atomic mass is 9.96. The Bertz CT molecular complexity index is 182. The maximum Gasteiger partial charge on any atom is 0.162 e. The van der Waals surface area contributed by atoms with E-state index in [-0.39, 0.29) is 11.7 Å². The molecule has 2 nitrogen and oxygen atoms in total. The van der Waals surface area contributed by atoms with Crippen molar-refractivity contribution in [2.45, 2.75) is 79.9 Å². The van der Waals surface area contributed by atoms with Crippen molar-refractivity contribution in [2.75, 3.05) is 13.2 Å². The summed E-state index contributed by atoms with van der Waals surface area (Å²) in [6.45, 7) is 14.9. The fourth-order valence-electron chi connectivity index (χ4n) is 1.77. The Morgan fingerprint density at radius 1 is 0.889 bits per heavy atom. The van der Waals surface area contributed by atoms with Gasteiger partial charge in [0.2, 0.25) is 0 Å². The van der Waals surface area contributed by atoms with Gasteiger partial charge in [-0.25, -0.2) is 0 Å². The highest BCUT2D eigenvalue weighted by atomic mass is 16.7. The normalized spacial score (nSPS) is 14.2. The molecule has 1 unspecified atom stereocenters. The van der Waals surface area contributed by atoms with Gasteiger partial charge in [0.15, 0.2) is 6.29 Å². The van der Waals surface area contributed by atoms with Gasteiger partial charge in [-0.3, -0.25) is 0 Å². The fourth-order valence-corrected chi connectivity index (χ4v) is 1.77. The molecule has 0 rings (SSSR count). The zero-order chi connectivity index (χ0) is 14.0. The molecule has 0 radical (unpaired) electrons. The average molecular weight is 258 g/mol. The average Bonchev–Trinajstić information content (AvgIpc) is 2.24. The minimum atomic E-state index is -0.0680. The Labute approximate surface area is 114 Å². The monoisotopic (exact) mass is 258 g/mol. The van der Waals surface area contributed by atoms with E-state index in [1.54, 1.807) is 0 Å². The molecule has 0 amide bonds. The molecule has 2 heteroatoms. The predicted molar refractivity (Wildman–Crippen MR) is 78.7 cm³/mol. The van der Waals surface area contributed by atoms with Gasteiger partial charge in [-0.2, -0.15) is 0 Å². The SMILES string of the molecule is CCCCCOC(OCCCC(C)C)C(C)(C)C. The fraction of sp³-hybridized carbons (Fsp3) is 1.00. The molecule has 0 saturated carbocycles. The summed E-state index contributed by atoms with van der Waals surface area (Å²) in [6, 6.07) is 0. The van der Waals surface area contributed by atoms with Crippen molar-refractivity contribution in [3.8, 4) is 0 Å². The Morgan fingerprint density at radius 2 is 1.44 bits per heavy atom. The predicted octanol–water partition coefficient (Wildman–Crippen LogP) is 5.02. The van der Waals surface area contributed by atoms with Crippen LogP contribution in [-0.2, 0) is 9.47 Å². The van der Waals surface area contributed by atoms with Crippen LogP contribution in [0.3, 0.4) is 0 Å². The van der Waals surface area contributed by atoms with Crippen LogP contribution in [0.25, 0.3) is 0 Å². The van der Waals surface area contributed by atoms with Crippen LogP contribution in [0.15, 0.2) is 0 Å². The van der Waals surface area contributed by atoms with Crippen LogP contribution in [-0.4, -0.2) is 19.5 Å². The van der Waals surface area contributed by atoms with E-state index in [4.69, 9.17) is 9.47 Å². The topological polar surface area (TPSA) is 18.5 Å². The first-order chi connectivity index (χ1) is 8.38. The van der Waals surface area contributed by atoms with Gasteiger partial charge >= 0.3 is 0 Å². The molecule has 0 fully saturated rings. The first-order valence-electron chi connectivity index (χ1n) is 7.61. The highest BCUT2D eigenvalue weighted by Gasteiger charge is 2.25. The second-order valence-corrected chi connectivity index (χ2v) is 6.68. The van der Waals surface area contributed by atoms with Crippen LogP contribution < -0.4 is 0 Å². The van der Waals surface area contributed by atoms with Crippen LogP contribution in [0.5, 0.6) is 0 Å². The lowest BCUT2D eigenvalue weighted by Crippen LogP contribution is -2.33. The van der Waals surface area contributed by atoms with Crippen LogP contribution in [0.4, 0.5) is 0 Å². The first kappa shape index (κ1) is 17.9. The molecule has 0 saturated heterocycles. The van der Waals surface area contributed by atoms with E-state index in [0.29, 0.717) is 0 Å². The van der Waals surface area contributed by atoms with Crippen LogP contribution in [0.1, 0.15) is 73.6 Å². The van der Waals surface area contributed by atoms with Gasteiger partial charge in [-0.1, -0.05) is 54.4 Å². The third-order valence-corrected chi connectivity index (χ3v) is 2.92. The van der Waals surface area contributed by atoms with E-state index in [2.05, 4.69) is 41.5 Å². The summed E-state index contributed by atoms with van der Waals surface area (Å²) in [7, 11) is 0. The molecule has 110 valence electrons. The van der Waals surface area contributed by atoms with Gasteiger partial charge < -0.3 is 9.47 Å². The molecule has 1 atom stereocenters. The van der Waals surface area contributed by atoms with Gasteiger partial charge in [0, 0.05) is 18.6 Å². The Hall–Kier alpha value is -0.0800. The maximum atomic E-state index is 5.91. The van der Waals surface area contributed by atoms with E-state index >= 15 is 0 Å². The molecular formula is C16H34O2. The second-order valence-electron chi connectivity index (χ2n) is 6.68. The van der Waals surface area contributed by atoms with Crippen LogP contribution >= 0.6 is 0 Å². The van der Waals surface area contributed by atoms with Crippen molar-refractivity contribution >= 4 is 0 Å². The van der Waals surface area contributed by atoms with E-state index in [1.807, 2.05) is 0 Å². The number of rotatable bonds is 10. The summed E-state index contributed by atoms with van der Waals surface area (Å²) in [4.78, 5) is 0. The summed E-state index contributed by atoms with van der Waals surface area (Å²) < 4.78 is 11.8. The zero-order valence-corrected chi connectivity index (χ0v) is 13.4. The van der Waals surface area contributed by atoms with Gasteiger partial charge in [0.25, 0.3) is 0 Å². The van der Waals surface area contributed by atoms with Crippen molar-refractivity contribution in [1.82, 2.24) is 0 Å². The quantitative estimate of drug-likeness (QED) is 0.405. The molecule has 18 heavy (non-hydrogen) atoms. The minimum absolute atomic E-state index is 0.0596. The Kier molecular flexibility index (Phi) is 9.76. The molecule has 0 aliphatic heterocycles. The number of ether oxygens (including phenoxy) is 2. The van der Waals surface area contributed by atoms with E-state index < -0.39 is 0 Å². The van der Waals surface area contributed by atoms with E-state index in [0.717, 1.165) is 32.0 Å². The molecule has 0 aliphatic rings. The molecular weight excluding hydrogens is 224 g/mol. The lowest BCUT2D eigenvalue weighted by Gasteiger charge is -2.30. The summed E-state index contributed by atoms with van der Waals surface area (Å²) >= 11 is 0. The molecule has 0 spiro atoms. The third-order valence-electron chi connectivity index (χ3n) is 2.92. The van der Waals surface area contributed by atoms with Crippen LogP contribution in [0.2, 0.25) is 0 Å². The molecule has 0 bridgehead atoms. The lowest BCUT2D eigenvalue weighted by molar-refractivity contribution is -0.195. The number of hydrogen-bond donors (Lipinski definition) is 0. The summed E-state index contributed by atoms with van der Waals surface area (Å²) in [5.74, 6) is 0.757. The summed E-state index contributed by atoms with van der Waals surface area (Å²) in [5.41, 5.74) is 0.0596. The van der Waals surface area contributed by atoms with Crippen molar-refractivity contribution in [3.63, 3.8) is 0 Å². The smallest absolute Gasteiger partial charge is 0.162 e. The van der Waals surface area contributed by atoms with Gasteiger partial charge in [-0.05, 0) is 25.2 Å². The molecule has 0 heterocycles. The second kappa shape index (κ2) is 9.80. The van der Waals surface area contributed by atoms with Gasteiger partial charge in [-0.15, -0.1) is 0 Å². The summed E-state index contributed by atoms with van der Waals surface area (Å²) in [5, 5.41) is 0. The van der Waals surface area contributed by atoms with Crippen molar-refractivity contribution in [3.05, 3.63) is 0 Å². The number of unbranched alkanes of at least 4 members (excludes halogenated alkanes) is 2. The molecule has 0 N–H and O–H groups in total. The first-order valence-corrected chi connectivity index (χ1v) is 7.61.